The number of nitrogens with two attached hydrogens (primary N) is 2. The molecule has 3 aromatic carbocycles. The molecule has 0 bridgehead atoms. The van der Waals surface area contributed by atoms with Crippen molar-refractivity contribution in [3.63, 3.8) is 0 Å². The predicted molar refractivity (Wildman–Crippen MR) is 144 cm³/mol. The van der Waals surface area contributed by atoms with Crippen molar-refractivity contribution in [1.29, 1.82) is 0 Å². The number of aromatic nitrogens is 2. The van der Waals surface area contributed by atoms with Gasteiger partial charge in [0.25, 0.3) is 0 Å². The van der Waals surface area contributed by atoms with Gasteiger partial charge in [-0.2, -0.15) is 13.2 Å². The molecule has 8 nitrogen and oxygen atoms in total. The summed E-state index contributed by atoms with van der Waals surface area (Å²) in [6.07, 6.45) is -6.07. The number of sulfone groups is 1. The van der Waals surface area contributed by atoms with Crippen molar-refractivity contribution < 1.29 is 39.5 Å². The van der Waals surface area contributed by atoms with Crippen molar-refractivity contribution >= 4 is 32.8 Å². The van der Waals surface area contributed by atoms with Gasteiger partial charge in [-0.1, -0.05) is 23.7 Å². The lowest BCUT2D eigenvalue weighted by Crippen LogP contribution is -2.31. The number of hydrogen-bond donors (Lipinski definition) is 2. The first-order valence-electron chi connectivity index (χ1n) is 11.6. The molecule has 0 saturated carbocycles. The fraction of sp³-hybridized carbons (Fsp3) is 0.115. The number of rotatable bonds is 7. The number of halogens is 7. The van der Waals surface area contributed by atoms with Gasteiger partial charge in [-0.15, -0.1) is 13.2 Å². The zero-order chi connectivity index (χ0) is 31.0. The first-order chi connectivity index (χ1) is 19.5. The second-order valence-corrected chi connectivity index (χ2v) is 11.2. The smallest absolute Gasteiger partial charge is 0.406 e. The van der Waals surface area contributed by atoms with Gasteiger partial charge >= 0.3 is 12.5 Å². The van der Waals surface area contributed by atoms with Crippen LogP contribution in [0.1, 0.15) is 11.3 Å². The molecule has 0 aliphatic heterocycles. The number of nitrogens with zero attached hydrogens (tertiary/aromatic N) is 3. The quantitative estimate of drug-likeness (QED) is 0.143. The highest BCUT2D eigenvalue weighted by atomic mass is 35.5. The van der Waals surface area contributed by atoms with Crippen molar-refractivity contribution in [3.05, 3.63) is 95.7 Å². The summed E-state index contributed by atoms with van der Waals surface area (Å²) in [6.45, 7) is 0. The topological polar surface area (TPSA) is 116 Å². The second-order valence-electron chi connectivity index (χ2n) is 8.78. The molecule has 42 heavy (non-hydrogen) atoms. The zero-order valence-corrected chi connectivity index (χ0v) is 22.9. The first-order valence-corrected chi connectivity index (χ1v) is 13.8. The van der Waals surface area contributed by atoms with Crippen LogP contribution >= 0.6 is 11.6 Å². The highest BCUT2D eigenvalue weighted by Gasteiger charge is 2.34. The standard InChI is InChI=1S/C26H20ClF6N5O3S/c1-42(39,40)19-4-2-3-16(9-19)17-10-20(27)24(37-13-23(36-14-37)25(28,29)30)21(11-17)38(35)22(12-34)15-5-7-18(8-6-15)41-26(31,32)33/h2-14H,34-35H2,1H3/b22-12-. The molecule has 0 saturated heterocycles. The molecule has 0 spiro atoms. The molecule has 1 aromatic heterocycles. The van der Waals surface area contributed by atoms with Crippen LogP contribution in [-0.2, 0) is 16.0 Å². The summed E-state index contributed by atoms with van der Waals surface area (Å²) in [4.78, 5) is 3.39. The van der Waals surface area contributed by atoms with E-state index in [1.54, 1.807) is 6.07 Å². The molecule has 0 aliphatic rings. The van der Waals surface area contributed by atoms with Crippen LogP contribution < -0.4 is 21.3 Å². The van der Waals surface area contributed by atoms with Gasteiger partial charge in [0, 0.05) is 24.2 Å². The van der Waals surface area contributed by atoms with Crippen molar-refractivity contribution in [2.24, 2.45) is 11.6 Å². The minimum absolute atomic E-state index is 0.000472. The minimum Gasteiger partial charge on any atom is -0.406 e. The Morgan fingerprint density at radius 1 is 1.02 bits per heavy atom. The maximum absolute atomic E-state index is 13.3. The van der Waals surface area contributed by atoms with Gasteiger partial charge in [0.05, 0.1) is 33.3 Å². The Morgan fingerprint density at radius 2 is 1.69 bits per heavy atom. The number of imidazole rings is 1. The highest BCUT2D eigenvalue weighted by molar-refractivity contribution is 7.90. The Morgan fingerprint density at radius 3 is 2.24 bits per heavy atom. The Labute approximate surface area is 240 Å². The van der Waals surface area contributed by atoms with E-state index in [0.29, 0.717) is 17.3 Å². The molecule has 0 atom stereocenters. The third-order valence-electron chi connectivity index (χ3n) is 5.83. The van der Waals surface area contributed by atoms with Gasteiger partial charge in [-0.25, -0.2) is 19.2 Å². The van der Waals surface area contributed by atoms with Crippen LogP contribution in [0.2, 0.25) is 5.02 Å². The molecule has 0 fully saturated rings. The van der Waals surface area contributed by atoms with Crippen LogP contribution in [0.4, 0.5) is 32.0 Å². The number of alkyl halides is 6. The Balaban J connectivity index is 1.88. The summed E-state index contributed by atoms with van der Waals surface area (Å²) in [7, 11) is -3.59. The lowest BCUT2D eigenvalue weighted by Gasteiger charge is -2.26. The molecule has 0 radical (unpaired) electrons. The van der Waals surface area contributed by atoms with Crippen molar-refractivity contribution in [2.45, 2.75) is 17.4 Å². The maximum atomic E-state index is 13.3. The minimum atomic E-state index is -4.92. The normalized spacial score (nSPS) is 12.8. The molecule has 0 aliphatic carbocycles. The molecule has 222 valence electrons. The summed E-state index contributed by atoms with van der Waals surface area (Å²) < 4.78 is 107. The first kappa shape index (κ1) is 30.7. The van der Waals surface area contributed by atoms with E-state index in [2.05, 4.69) is 9.72 Å². The lowest BCUT2D eigenvalue weighted by atomic mass is 10.0. The Hall–Kier alpha value is -4.21. The fourth-order valence-electron chi connectivity index (χ4n) is 3.96. The Kier molecular flexibility index (Phi) is 8.22. The molecule has 1 heterocycles. The van der Waals surface area contributed by atoms with Crippen LogP contribution in [-0.4, -0.2) is 30.6 Å². The van der Waals surface area contributed by atoms with E-state index < -0.39 is 33.8 Å². The third-order valence-corrected chi connectivity index (χ3v) is 7.23. The summed E-state index contributed by atoms with van der Waals surface area (Å²) in [6, 6.07) is 13.2. The molecular formula is C26H20ClF6N5O3S. The number of ether oxygens (including phenoxy) is 1. The van der Waals surface area contributed by atoms with Gasteiger partial charge in [-0.3, -0.25) is 5.01 Å². The fourth-order valence-corrected chi connectivity index (χ4v) is 4.94. The summed E-state index contributed by atoms with van der Waals surface area (Å²) in [5.74, 6) is 5.92. The van der Waals surface area contributed by atoms with Gasteiger partial charge < -0.3 is 15.0 Å². The van der Waals surface area contributed by atoms with Gasteiger partial charge in [0.2, 0.25) is 0 Å². The molecular weight excluding hydrogens is 612 g/mol. The molecule has 16 heteroatoms. The van der Waals surface area contributed by atoms with E-state index in [9.17, 15) is 34.8 Å². The van der Waals surface area contributed by atoms with E-state index in [1.165, 1.54) is 42.5 Å². The maximum Gasteiger partial charge on any atom is 0.573 e. The number of benzene rings is 3. The summed E-state index contributed by atoms with van der Waals surface area (Å²) >= 11 is 6.59. The number of anilines is 1. The molecule has 0 amide bonds. The van der Waals surface area contributed by atoms with Gasteiger partial charge in [0.15, 0.2) is 15.5 Å². The summed E-state index contributed by atoms with van der Waals surface area (Å²) in [5, 5.41) is 0.872. The number of hydrogen-bond acceptors (Lipinski definition) is 7. The van der Waals surface area contributed by atoms with E-state index in [1.807, 2.05) is 0 Å². The third kappa shape index (κ3) is 6.80. The van der Waals surface area contributed by atoms with Crippen molar-refractivity contribution in [1.82, 2.24) is 9.55 Å². The van der Waals surface area contributed by atoms with E-state index in [0.717, 1.165) is 40.5 Å². The largest absolute Gasteiger partial charge is 0.573 e. The molecule has 0 unspecified atom stereocenters. The average molecular weight is 632 g/mol. The Bertz CT molecular complexity index is 1750. The molecule has 4 aromatic rings. The highest BCUT2D eigenvalue weighted by Crippen LogP contribution is 2.40. The monoisotopic (exact) mass is 631 g/mol. The van der Waals surface area contributed by atoms with Gasteiger partial charge in [0.1, 0.15) is 5.75 Å². The van der Waals surface area contributed by atoms with Crippen LogP contribution in [0.5, 0.6) is 5.75 Å². The van der Waals surface area contributed by atoms with Crippen LogP contribution in [0.3, 0.4) is 0 Å². The summed E-state index contributed by atoms with van der Waals surface area (Å²) in [5.41, 5.74) is 5.49. The average Bonchev–Trinajstić information content (AvgIpc) is 3.39. The van der Waals surface area contributed by atoms with E-state index in [4.69, 9.17) is 23.2 Å². The van der Waals surface area contributed by atoms with Crippen LogP contribution in [0.15, 0.2) is 84.3 Å². The lowest BCUT2D eigenvalue weighted by molar-refractivity contribution is -0.274. The van der Waals surface area contributed by atoms with Crippen LogP contribution in [0.25, 0.3) is 22.5 Å². The molecule has 4 N–H and O–H groups in total. The SMILES string of the molecule is CS(=O)(=O)c1cccc(-c2cc(Cl)c(-n3cnc(C(F)(F)F)c3)c(N(N)/C(=C\N)c3ccc(OC(F)(F)F)cc3)c2)c1. The van der Waals surface area contributed by atoms with Crippen LogP contribution in [0, 0.1) is 0 Å². The second kappa shape index (κ2) is 11.2. The van der Waals surface area contributed by atoms with Gasteiger partial charge in [-0.05, 0) is 59.7 Å². The van der Waals surface area contributed by atoms with Crippen molar-refractivity contribution in [2.75, 3.05) is 11.3 Å². The predicted octanol–water partition coefficient (Wildman–Crippen LogP) is 6.15. The van der Waals surface area contributed by atoms with Crippen molar-refractivity contribution in [3.8, 4) is 22.6 Å². The molecule has 4 rings (SSSR count). The van der Waals surface area contributed by atoms with E-state index in [-0.39, 0.29) is 32.6 Å². The number of hydrazine groups is 1. The zero-order valence-electron chi connectivity index (χ0n) is 21.3. The van der Waals surface area contributed by atoms with E-state index >= 15 is 0 Å².